The Morgan fingerprint density at radius 2 is 1.55 bits per heavy atom. The SMILES string of the molecule is COC(=O)c1ccc(C(=O)OC)c(NC(=O)C(=O)NCc2ccccc2OC)c1. The molecule has 0 atom stereocenters. The van der Waals surface area contributed by atoms with Crippen LogP contribution in [-0.2, 0) is 25.6 Å². The molecule has 2 amide bonds. The van der Waals surface area contributed by atoms with Crippen molar-refractivity contribution in [3.8, 4) is 5.75 Å². The summed E-state index contributed by atoms with van der Waals surface area (Å²) < 4.78 is 14.5. The lowest BCUT2D eigenvalue weighted by atomic mass is 10.1. The molecule has 9 heteroatoms. The predicted molar refractivity (Wildman–Crippen MR) is 103 cm³/mol. The number of esters is 2. The average Bonchev–Trinajstić information content (AvgIpc) is 2.76. The summed E-state index contributed by atoms with van der Waals surface area (Å²) in [6.07, 6.45) is 0. The molecule has 152 valence electrons. The molecule has 2 aromatic carbocycles. The first-order valence-corrected chi connectivity index (χ1v) is 8.43. The van der Waals surface area contributed by atoms with Crippen LogP contribution in [0.15, 0.2) is 42.5 Å². The molecule has 0 saturated heterocycles. The van der Waals surface area contributed by atoms with Gasteiger partial charge in [-0.05, 0) is 24.3 Å². The topological polar surface area (TPSA) is 120 Å². The van der Waals surface area contributed by atoms with Gasteiger partial charge in [-0.15, -0.1) is 0 Å². The Labute approximate surface area is 166 Å². The second kappa shape index (κ2) is 9.88. The number of carbonyl (C=O) groups is 4. The van der Waals surface area contributed by atoms with Gasteiger partial charge in [0.2, 0.25) is 0 Å². The zero-order chi connectivity index (χ0) is 21.4. The van der Waals surface area contributed by atoms with E-state index in [0.29, 0.717) is 11.3 Å². The molecule has 0 aliphatic carbocycles. The Balaban J connectivity index is 2.16. The Morgan fingerprint density at radius 1 is 0.862 bits per heavy atom. The highest BCUT2D eigenvalue weighted by molar-refractivity contribution is 6.40. The molecule has 0 bridgehead atoms. The zero-order valence-corrected chi connectivity index (χ0v) is 16.1. The third-order valence-electron chi connectivity index (χ3n) is 3.93. The minimum atomic E-state index is -1.02. The van der Waals surface area contributed by atoms with Gasteiger partial charge >= 0.3 is 23.8 Å². The van der Waals surface area contributed by atoms with E-state index >= 15 is 0 Å². The van der Waals surface area contributed by atoms with E-state index in [9.17, 15) is 19.2 Å². The summed E-state index contributed by atoms with van der Waals surface area (Å²) in [5.41, 5.74) is 0.687. The summed E-state index contributed by atoms with van der Waals surface area (Å²) in [7, 11) is 3.86. The summed E-state index contributed by atoms with van der Waals surface area (Å²) in [4.78, 5) is 48.1. The van der Waals surface area contributed by atoms with Crippen molar-refractivity contribution in [3.63, 3.8) is 0 Å². The summed E-state index contributed by atoms with van der Waals surface area (Å²) in [5.74, 6) is -2.81. The van der Waals surface area contributed by atoms with Gasteiger partial charge < -0.3 is 24.8 Å². The molecule has 9 nitrogen and oxygen atoms in total. The van der Waals surface area contributed by atoms with E-state index in [0.717, 1.165) is 0 Å². The first-order valence-electron chi connectivity index (χ1n) is 8.43. The van der Waals surface area contributed by atoms with Crippen LogP contribution in [0.5, 0.6) is 5.75 Å². The fourth-order valence-corrected chi connectivity index (χ4v) is 2.46. The number of methoxy groups -OCH3 is 3. The largest absolute Gasteiger partial charge is 0.496 e. The van der Waals surface area contributed by atoms with Crippen molar-refractivity contribution in [2.75, 3.05) is 26.6 Å². The van der Waals surface area contributed by atoms with Crippen LogP contribution in [0.1, 0.15) is 26.3 Å². The molecule has 29 heavy (non-hydrogen) atoms. The third-order valence-corrected chi connectivity index (χ3v) is 3.93. The van der Waals surface area contributed by atoms with Gasteiger partial charge in [-0.1, -0.05) is 18.2 Å². The van der Waals surface area contributed by atoms with Crippen LogP contribution in [0.2, 0.25) is 0 Å². The lowest BCUT2D eigenvalue weighted by Gasteiger charge is -2.12. The van der Waals surface area contributed by atoms with Crippen molar-refractivity contribution in [2.24, 2.45) is 0 Å². The van der Waals surface area contributed by atoms with E-state index in [1.807, 2.05) is 0 Å². The van der Waals surface area contributed by atoms with Gasteiger partial charge in [0, 0.05) is 12.1 Å². The van der Waals surface area contributed by atoms with Crippen molar-refractivity contribution in [1.82, 2.24) is 5.32 Å². The molecule has 0 heterocycles. The maximum Gasteiger partial charge on any atom is 0.339 e. The summed E-state index contributed by atoms with van der Waals surface area (Å²) in [6.45, 7) is 0.0579. The normalized spacial score (nSPS) is 9.90. The number of hydrogen-bond acceptors (Lipinski definition) is 7. The molecular weight excluding hydrogens is 380 g/mol. The van der Waals surface area contributed by atoms with Gasteiger partial charge in [-0.3, -0.25) is 9.59 Å². The van der Waals surface area contributed by atoms with Crippen LogP contribution in [-0.4, -0.2) is 45.1 Å². The monoisotopic (exact) mass is 400 g/mol. The van der Waals surface area contributed by atoms with Crippen molar-refractivity contribution < 1.29 is 33.4 Å². The zero-order valence-electron chi connectivity index (χ0n) is 16.1. The number of rotatable bonds is 6. The van der Waals surface area contributed by atoms with Gasteiger partial charge in [0.15, 0.2) is 0 Å². The highest BCUT2D eigenvalue weighted by Crippen LogP contribution is 2.20. The fourth-order valence-electron chi connectivity index (χ4n) is 2.46. The first kappa shape index (κ1) is 21.4. The second-order valence-corrected chi connectivity index (χ2v) is 5.69. The Morgan fingerprint density at radius 3 is 2.21 bits per heavy atom. The minimum absolute atomic E-state index is 0.0222. The molecule has 0 fully saturated rings. The van der Waals surface area contributed by atoms with E-state index < -0.39 is 23.8 Å². The molecule has 2 aromatic rings. The fraction of sp³-hybridized carbons (Fsp3) is 0.200. The number of ether oxygens (including phenoxy) is 3. The van der Waals surface area contributed by atoms with E-state index in [1.54, 1.807) is 24.3 Å². The predicted octanol–water partition coefficient (Wildman–Crippen LogP) is 1.52. The molecule has 2 N–H and O–H groups in total. The highest BCUT2D eigenvalue weighted by atomic mass is 16.5. The van der Waals surface area contributed by atoms with Gasteiger partial charge in [0.25, 0.3) is 0 Å². The number of para-hydroxylation sites is 1. The maximum absolute atomic E-state index is 12.3. The van der Waals surface area contributed by atoms with Crippen LogP contribution in [0.4, 0.5) is 5.69 Å². The van der Waals surface area contributed by atoms with Crippen molar-refractivity contribution in [2.45, 2.75) is 6.54 Å². The Hall–Kier alpha value is -3.88. The molecule has 0 radical (unpaired) electrons. The van der Waals surface area contributed by atoms with E-state index in [-0.39, 0.29) is 23.4 Å². The van der Waals surface area contributed by atoms with Gasteiger partial charge in [-0.2, -0.15) is 0 Å². The number of nitrogens with one attached hydrogen (secondary N) is 2. The molecule has 0 saturated carbocycles. The highest BCUT2D eigenvalue weighted by Gasteiger charge is 2.20. The number of carbonyl (C=O) groups excluding carboxylic acids is 4. The van der Waals surface area contributed by atoms with Gasteiger partial charge in [-0.25, -0.2) is 9.59 Å². The van der Waals surface area contributed by atoms with Crippen LogP contribution in [0.3, 0.4) is 0 Å². The van der Waals surface area contributed by atoms with E-state index in [1.165, 1.54) is 39.5 Å². The van der Waals surface area contributed by atoms with Crippen LogP contribution < -0.4 is 15.4 Å². The minimum Gasteiger partial charge on any atom is -0.496 e. The first-order chi connectivity index (χ1) is 13.9. The number of anilines is 1. The van der Waals surface area contributed by atoms with Crippen LogP contribution in [0, 0.1) is 0 Å². The smallest absolute Gasteiger partial charge is 0.339 e. The van der Waals surface area contributed by atoms with Gasteiger partial charge in [0.1, 0.15) is 5.75 Å². The van der Waals surface area contributed by atoms with Crippen molar-refractivity contribution in [1.29, 1.82) is 0 Å². The quantitative estimate of drug-likeness (QED) is 0.557. The van der Waals surface area contributed by atoms with E-state index in [2.05, 4.69) is 20.1 Å². The molecule has 0 spiro atoms. The van der Waals surface area contributed by atoms with Crippen molar-refractivity contribution in [3.05, 3.63) is 59.2 Å². The molecule has 0 unspecified atom stereocenters. The molecule has 2 rings (SSSR count). The standard InChI is InChI=1S/C20H20N2O7/c1-27-16-7-5-4-6-13(16)11-21-17(23)18(24)22-15-10-12(19(25)28-2)8-9-14(15)20(26)29-3/h4-10H,11H2,1-3H3,(H,21,23)(H,22,24). The number of hydrogen-bond donors (Lipinski definition) is 2. The Bertz CT molecular complexity index is 940. The maximum atomic E-state index is 12.3. The summed E-state index contributed by atoms with van der Waals surface area (Å²) in [5, 5.41) is 4.79. The number of amides is 2. The second-order valence-electron chi connectivity index (χ2n) is 5.69. The van der Waals surface area contributed by atoms with Crippen LogP contribution in [0.25, 0.3) is 0 Å². The van der Waals surface area contributed by atoms with Crippen molar-refractivity contribution >= 4 is 29.4 Å². The molecule has 0 aliphatic heterocycles. The lowest BCUT2D eigenvalue weighted by molar-refractivity contribution is -0.136. The number of benzene rings is 2. The average molecular weight is 400 g/mol. The summed E-state index contributed by atoms with van der Waals surface area (Å²) in [6, 6.07) is 10.9. The third kappa shape index (κ3) is 5.32. The van der Waals surface area contributed by atoms with Gasteiger partial charge in [0.05, 0.1) is 38.1 Å². The molecule has 0 aromatic heterocycles. The van der Waals surface area contributed by atoms with E-state index in [4.69, 9.17) is 4.74 Å². The summed E-state index contributed by atoms with van der Waals surface area (Å²) >= 11 is 0. The molecular formula is C20H20N2O7. The van der Waals surface area contributed by atoms with Crippen LogP contribution >= 0.6 is 0 Å². The Kier molecular flexibility index (Phi) is 7.30. The lowest BCUT2D eigenvalue weighted by Crippen LogP contribution is -2.35. The molecule has 0 aliphatic rings.